The minimum Gasteiger partial charge on any atom is -0.378 e. The molecular weight excluding hydrogens is 192 g/mol. The minimum absolute atomic E-state index is 0.305. The Kier molecular flexibility index (Phi) is 2.97. The Bertz CT molecular complexity index is 359. The minimum atomic E-state index is -0.495. The van der Waals surface area contributed by atoms with Gasteiger partial charge in [0.1, 0.15) is 11.5 Å². The molecule has 4 nitrogen and oxygen atoms in total. The van der Waals surface area contributed by atoms with E-state index >= 15 is 0 Å². The summed E-state index contributed by atoms with van der Waals surface area (Å²) in [6.07, 6.45) is 0. The van der Waals surface area contributed by atoms with Crippen molar-refractivity contribution in [2.45, 2.75) is 0 Å². The summed E-state index contributed by atoms with van der Waals surface area (Å²) in [4.78, 5) is 17.2. The number of Topliss-reactive ketones (excluding diaryl/α,β-unsaturated/α-hetero) is 1. The highest BCUT2D eigenvalue weighted by Crippen LogP contribution is 2.13. The maximum absolute atomic E-state index is 11.0. The summed E-state index contributed by atoms with van der Waals surface area (Å²) in [7, 11) is 0. The van der Waals surface area contributed by atoms with Crippen molar-refractivity contribution in [1.82, 2.24) is 4.98 Å². The van der Waals surface area contributed by atoms with E-state index < -0.39 is 5.78 Å². The van der Waals surface area contributed by atoms with Crippen LogP contribution in [-0.4, -0.2) is 37.1 Å². The second-order valence-corrected chi connectivity index (χ2v) is 3.34. The van der Waals surface area contributed by atoms with Crippen LogP contribution in [0.1, 0.15) is 10.5 Å². The Morgan fingerprint density at radius 1 is 1.40 bits per heavy atom. The first-order valence-corrected chi connectivity index (χ1v) is 4.87. The number of aromatic nitrogens is 1. The number of morpholine rings is 1. The first kappa shape index (κ1) is 10.1. The fourth-order valence-electron chi connectivity index (χ4n) is 1.53. The highest BCUT2D eigenvalue weighted by molar-refractivity contribution is 5.97. The summed E-state index contributed by atoms with van der Waals surface area (Å²) in [5, 5.41) is 0. The van der Waals surface area contributed by atoms with Crippen LogP contribution in [-0.2, 0) is 4.74 Å². The lowest BCUT2D eigenvalue weighted by Crippen LogP contribution is -2.36. The molecule has 0 bridgehead atoms. The van der Waals surface area contributed by atoms with Gasteiger partial charge < -0.3 is 9.64 Å². The van der Waals surface area contributed by atoms with E-state index in [-0.39, 0.29) is 0 Å². The van der Waals surface area contributed by atoms with Gasteiger partial charge in [-0.15, -0.1) is 0 Å². The van der Waals surface area contributed by atoms with Gasteiger partial charge in [-0.25, -0.2) is 4.98 Å². The topological polar surface area (TPSA) is 42.4 Å². The quantitative estimate of drug-likeness (QED) is 0.669. The Morgan fingerprint density at radius 3 is 2.80 bits per heavy atom. The van der Waals surface area contributed by atoms with E-state index in [9.17, 15) is 4.79 Å². The average molecular weight is 204 g/mol. The summed E-state index contributed by atoms with van der Waals surface area (Å²) < 4.78 is 5.24. The zero-order chi connectivity index (χ0) is 10.7. The standard InChI is InChI=1S/C11H12N2O2/c1-9(14)10-3-2-4-11(12-10)13-5-7-15-8-6-13/h1-4H,5-8H2. The first-order chi connectivity index (χ1) is 7.27. The molecular formula is C11H12N2O2. The SMILES string of the molecule is [CH]C(=O)c1cccc(N2CCOCC2)n1. The molecule has 1 fully saturated rings. The number of hydrogen-bond acceptors (Lipinski definition) is 4. The van der Waals surface area contributed by atoms with E-state index in [0.717, 1.165) is 18.9 Å². The Balaban J connectivity index is 2.19. The molecule has 1 saturated heterocycles. The van der Waals surface area contributed by atoms with Crippen LogP contribution in [0.3, 0.4) is 0 Å². The van der Waals surface area contributed by atoms with Gasteiger partial charge >= 0.3 is 0 Å². The van der Waals surface area contributed by atoms with Crippen molar-refractivity contribution < 1.29 is 9.53 Å². The molecule has 0 saturated carbocycles. The third-order valence-electron chi connectivity index (χ3n) is 2.32. The average Bonchev–Trinajstić information content (AvgIpc) is 2.30. The molecule has 1 aliphatic heterocycles. The van der Waals surface area contributed by atoms with Crippen molar-refractivity contribution in [3.8, 4) is 0 Å². The first-order valence-electron chi connectivity index (χ1n) is 4.87. The summed E-state index contributed by atoms with van der Waals surface area (Å²) in [5.74, 6) is 0.291. The highest BCUT2D eigenvalue weighted by Gasteiger charge is 2.13. The number of carbonyl (C=O) groups is 1. The predicted molar refractivity (Wildman–Crippen MR) is 55.9 cm³/mol. The molecule has 2 radical (unpaired) electrons. The van der Waals surface area contributed by atoms with Gasteiger partial charge in [0.25, 0.3) is 0 Å². The third-order valence-corrected chi connectivity index (χ3v) is 2.32. The Labute approximate surface area is 88.9 Å². The Hall–Kier alpha value is -1.42. The van der Waals surface area contributed by atoms with E-state index in [1.165, 1.54) is 0 Å². The van der Waals surface area contributed by atoms with Gasteiger partial charge in [-0.1, -0.05) is 6.07 Å². The molecule has 0 amide bonds. The van der Waals surface area contributed by atoms with Crippen LogP contribution in [0.5, 0.6) is 0 Å². The predicted octanol–water partition coefficient (Wildman–Crippen LogP) is 0.812. The fraction of sp³-hybridized carbons (Fsp3) is 0.364. The number of carbonyl (C=O) groups excluding carboxylic acids is 1. The van der Waals surface area contributed by atoms with E-state index in [1.54, 1.807) is 12.1 Å². The normalized spacial score (nSPS) is 16.5. The molecule has 15 heavy (non-hydrogen) atoms. The molecule has 0 atom stereocenters. The van der Waals surface area contributed by atoms with E-state index in [0.29, 0.717) is 18.9 Å². The zero-order valence-corrected chi connectivity index (χ0v) is 8.35. The number of ketones is 1. The molecule has 1 aromatic rings. The number of hydrogen-bond donors (Lipinski definition) is 0. The van der Waals surface area contributed by atoms with E-state index in [1.807, 2.05) is 6.07 Å². The van der Waals surface area contributed by atoms with Gasteiger partial charge in [0.15, 0.2) is 5.78 Å². The lowest BCUT2D eigenvalue weighted by molar-refractivity contribution is 0.103. The van der Waals surface area contributed by atoms with Gasteiger partial charge in [-0.3, -0.25) is 4.79 Å². The maximum Gasteiger partial charge on any atom is 0.185 e. The molecule has 1 aliphatic rings. The molecule has 0 spiro atoms. The smallest absolute Gasteiger partial charge is 0.185 e. The Morgan fingerprint density at radius 2 is 2.13 bits per heavy atom. The summed E-state index contributed by atoms with van der Waals surface area (Å²) >= 11 is 0. The number of anilines is 1. The second-order valence-electron chi connectivity index (χ2n) is 3.34. The van der Waals surface area contributed by atoms with Crippen LogP contribution < -0.4 is 4.90 Å². The lowest BCUT2D eigenvalue weighted by Gasteiger charge is -2.27. The van der Waals surface area contributed by atoms with Crippen LogP contribution in [0.25, 0.3) is 0 Å². The van der Waals surface area contributed by atoms with Crippen molar-refractivity contribution >= 4 is 11.6 Å². The van der Waals surface area contributed by atoms with Gasteiger partial charge in [0.05, 0.1) is 13.2 Å². The van der Waals surface area contributed by atoms with Crippen molar-refractivity contribution in [2.75, 3.05) is 31.2 Å². The maximum atomic E-state index is 11.0. The number of nitrogens with zero attached hydrogens (tertiary/aromatic N) is 2. The molecule has 0 unspecified atom stereocenters. The molecule has 2 heterocycles. The van der Waals surface area contributed by atoms with E-state index in [2.05, 4.69) is 9.88 Å². The number of rotatable bonds is 2. The number of ether oxygens (including phenoxy) is 1. The summed E-state index contributed by atoms with van der Waals surface area (Å²) in [6.45, 7) is 8.16. The van der Waals surface area contributed by atoms with Crippen LogP contribution in [0.2, 0.25) is 0 Å². The summed E-state index contributed by atoms with van der Waals surface area (Å²) in [6, 6.07) is 5.28. The molecule has 0 aromatic carbocycles. The zero-order valence-electron chi connectivity index (χ0n) is 8.35. The highest BCUT2D eigenvalue weighted by atomic mass is 16.5. The molecule has 0 aliphatic carbocycles. The van der Waals surface area contributed by atoms with Crippen LogP contribution in [0.4, 0.5) is 5.82 Å². The monoisotopic (exact) mass is 204 g/mol. The van der Waals surface area contributed by atoms with Crippen molar-refractivity contribution in [1.29, 1.82) is 0 Å². The molecule has 4 heteroatoms. The molecule has 2 rings (SSSR count). The van der Waals surface area contributed by atoms with Crippen LogP contribution in [0.15, 0.2) is 18.2 Å². The van der Waals surface area contributed by atoms with Gasteiger partial charge in [0.2, 0.25) is 0 Å². The van der Waals surface area contributed by atoms with Crippen LogP contribution >= 0.6 is 0 Å². The van der Waals surface area contributed by atoms with Gasteiger partial charge in [0, 0.05) is 20.0 Å². The lowest BCUT2D eigenvalue weighted by atomic mass is 10.2. The fourth-order valence-corrected chi connectivity index (χ4v) is 1.53. The van der Waals surface area contributed by atoms with Gasteiger partial charge in [-0.05, 0) is 12.1 Å². The van der Waals surface area contributed by atoms with Gasteiger partial charge in [-0.2, -0.15) is 0 Å². The van der Waals surface area contributed by atoms with Crippen molar-refractivity contribution in [3.05, 3.63) is 30.8 Å². The number of pyridine rings is 1. The molecule has 1 aromatic heterocycles. The largest absolute Gasteiger partial charge is 0.378 e. The second kappa shape index (κ2) is 4.40. The van der Waals surface area contributed by atoms with Crippen molar-refractivity contribution in [2.24, 2.45) is 0 Å². The van der Waals surface area contributed by atoms with Crippen LogP contribution in [0, 0.1) is 6.92 Å². The molecule has 78 valence electrons. The summed E-state index contributed by atoms with van der Waals surface area (Å²) in [5.41, 5.74) is 0.305. The van der Waals surface area contributed by atoms with E-state index in [4.69, 9.17) is 11.7 Å². The van der Waals surface area contributed by atoms with Crippen molar-refractivity contribution in [3.63, 3.8) is 0 Å². The third kappa shape index (κ3) is 2.33. The molecule has 0 N–H and O–H groups in total.